The van der Waals surface area contributed by atoms with Crippen molar-refractivity contribution in [2.75, 3.05) is 6.61 Å². The van der Waals surface area contributed by atoms with Crippen LogP contribution in [0.4, 0.5) is 0 Å². The van der Waals surface area contributed by atoms with Crippen molar-refractivity contribution >= 4 is 11.8 Å². The zero-order chi connectivity index (χ0) is 18.9. The van der Waals surface area contributed by atoms with Gasteiger partial charge in [0.1, 0.15) is 5.75 Å². The number of para-hydroxylation sites is 1. The van der Waals surface area contributed by atoms with E-state index in [1.54, 1.807) is 30.3 Å². The van der Waals surface area contributed by atoms with Gasteiger partial charge in [-0.2, -0.15) is 0 Å². The van der Waals surface area contributed by atoms with Crippen LogP contribution in [0.3, 0.4) is 0 Å². The van der Waals surface area contributed by atoms with E-state index in [0.29, 0.717) is 30.0 Å². The van der Waals surface area contributed by atoms with Gasteiger partial charge >= 0.3 is 0 Å². The molecule has 0 fully saturated rings. The van der Waals surface area contributed by atoms with Gasteiger partial charge in [0.25, 0.3) is 11.8 Å². The first-order chi connectivity index (χ1) is 12.5. The molecule has 0 spiro atoms. The number of nitrogens with one attached hydrogen (secondary N) is 2. The normalized spacial score (nSPS) is 11.5. The maximum atomic E-state index is 12.4. The lowest BCUT2D eigenvalue weighted by Crippen LogP contribution is -2.32. The monoisotopic (exact) mass is 354 g/mol. The highest BCUT2D eigenvalue weighted by atomic mass is 16.5. The second-order valence-electron chi connectivity index (χ2n) is 6.09. The van der Waals surface area contributed by atoms with Crippen LogP contribution >= 0.6 is 0 Å². The molecule has 0 saturated heterocycles. The zero-order valence-electron chi connectivity index (χ0n) is 15.5. The van der Waals surface area contributed by atoms with Crippen molar-refractivity contribution in [3.8, 4) is 5.75 Å². The van der Waals surface area contributed by atoms with E-state index in [1.807, 2.05) is 39.0 Å². The Morgan fingerprint density at radius 3 is 2.54 bits per heavy atom. The van der Waals surface area contributed by atoms with Gasteiger partial charge in [0.05, 0.1) is 12.2 Å². The minimum absolute atomic E-state index is 0.103. The summed E-state index contributed by atoms with van der Waals surface area (Å²) in [6.45, 7) is 6.71. The summed E-state index contributed by atoms with van der Waals surface area (Å²) < 4.78 is 5.49. The van der Waals surface area contributed by atoms with Crippen molar-refractivity contribution in [1.29, 1.82) is 0 Å². The Labute approximate surface area is 154 Å². The molecule has 0 bridgehead atoms. The maximum absolute atomic E-state index is 12.4. The van der Waals surface area contributed by atoms with Crippen molar-refractivity contribution in [1.82, 2.24) is 10.6 Å². The van der Waals surface area contributed by atoms with E-state index < -0.39 is 0 Å². The van der Waals surface area contributed by atoms with E-state index >= 15 is 0 Å². The lowest BCUT2D eigenvalue weighted by molar-refractivity contribution is 0.0936. The fourth-order valence-corrected chi connectivity index (χ4v) is 2.44. The molecule has 0 aliphatic heterocycles. The van der Waals surface area contributed by atoms with E-state index in [2.05, 4.69) is 10.6 Å². The average molecular weight is 354 g/mol. The third-order valence-electron chi connectivity index (χ3n) is 4.06. The van der Waals surface area contributed by atoms with Crippen LogP contribution < -0.4 is 15.4 Å². The predicted molar refractivity (Wildman–Crippen MR) is 102 cm³/mol. The number of benzene rings is 2. The van der Waals surface area contributed by atoms with Crippen LogP contribution in [0.2, 0.25) is 0 Å². The fraction of sp³-hybridized carbons (Fsp3) is 0.333. The summed E-state index contributed by atoms with van der Waals surface area (Å²) in [7, 11) is 0. The molecule has 2 N–H and O–H groups in total. The molecule has 2 amide bonds. The molecular formula is C21H26N2O3. The van der Waals surface area contributed by atoms with Crippen LogP contribution in [0.1, 0.15) is 53.5 Å². The first-order valence-corrected chi connectivity index (χ1v) is 8.95. The van der Waals surface area contributed by atoms with Crippen LogP contribution in [-0.4, -0.2) is 24.5 Å². The third kappa shape index (κ3) is 5.34. The lowest BCUT2D eigenvalue weighted by atomic mass is 10.1. The topological polar surface area (TPSA) is 67.4 Å². The average Bonchev–Trinajstić information content (AvgIpc) is 2.67. The number of amides is 2. The fourth-order valence-electron chi connectivity index (χ4n) is 2.44. The molecule has 2 aromatic carbocycles. The Hall–Kier alpha value is -2.82. The molecule has 26 heavy (non-hydrogen) atoms. The molecule has 5 heteroatoms. The molecule has 0 saturated carbocycles. The summed E-state index contributed by atoms with van der Waals surface area (Å²) in [5.74, 6) is 0.256. The smallest absolute Gasteiger partial charge is 0.255 e. The van der Waals surface area contributed by atoms with E-state index in [0.717, 1.165) is 12.0 Å². The summed E-state index contributed by atoms with van der Waals surface area (Å²) in [6, 6.07) is 14.5. The van der Waals surface area contributed by atoms with Crippen LogP contribution in [-0.2, 0) is 6.54 Å². The Bertz CT molecular complexity index is 758. The molecule has 0 heterocycles. The quantitative estimate of drug-likeness (QED) is 0.762. The van der Waals surface area contributed by atoms with Crippen LogP contribution in [0.25, 0.3) is 0 Å². The highest BCUT2D eigenvalue weighted by Crippen LogP contribution is 2.18. The summed E-state index contributed by atoms with van der Waals surface area (Å²) in [5.41, 5.74) is 1.95. The Balaban J connectivity index is 2.03. The number of carbonyl (C=O) groups is 2. The van der Waals surface area contributed by atoms with Gasteiger partial charge in [-0.15, -0.1) is 0 Å². The molecule has 1 atom stereocenters. The van der Waals surface area contributed by atoms with Gasteiger partial charge in [0.2, 0.25) is 0 Å². The van der Waals surface area contributed by atoms with Gasteiger partial charge in [-0.1, -0.05) is 31.2 Å². The second-order valence-corrected chi connectivity index (χ2v) is 6.09. The first kappa shape index (κ1) is 19.5. The third-order valence-corrected chi connectivity index (χ3v) is 4.06. The van der Waals surface area contributed by atoms with Gasteiger partial charge < -0.3 is 15.4 Å². The standard InChI is InChI=1S/C21H26N2O3/c1-4-15(3)23-20(24)17-10-8-9-16(13-17)14-22-21(25)18-11-6-7-12-19(18)26-5-2/h6-13,15H,4-5,14H2,1-3H3,(H,22,25)(H,23,24). The molecule has 2 aromatic rings. The summed E-state index contributed by atoms with van der Waals surface area (Å²) in [5, 5.41) is 5.82. The second kappa shape index (κ2) is 9.61. The largest absolute Gasteiger partial charge is 0.493 e. The minimum atomic E-state index is -0.205. The van der Waals surface area contributed by atoms with Gasteiger partial charge in [-0.3, -0.25) is 9.59 Å². The van der Waals surface area contributed by atoms with Crippen LogP contribution in [0.5, 0.6) is 5.75 Å². The summed E-state index contributed by atoms with van der Waals surface area (Å²) in [6.07, 6.45) is 0.876. The van der Waals surface area contributed by atoms with Crippen molar-refractivity contribution in [3.05, 3.63) is 65.2 Å². The Kier molecular flexibility index (Phi) is 7.21. The number of hydrogen-bond donors (Lipinski definition) is 2. The van der Waals surface area contributed by atoms with Crippen molar-refractivity contribution in [2.24, 2.45) is 0 Å². The van der Waals surface area contributed by atoms with Gasteiger partial charge in [0.15, 0.2) is 0 Å². The van der Waals surface area contributed by atoms with Gasteiger partial charge in [-0.05, 0) is 50.1 Å². The van der Waals surface area contributed by atoms with E-state index in [9.17, 15) is 9.59 Å². The van der Waals surface area contributed by atoms with E-state index in [4.69, 9.17) is 4.74 Å². The van der Waals surface area contributed by atoms with Gasteiger partial charge in [-0.25, -0.2) is 0 Å². The number of rotatable bonds is 8. The molecule has 5 nitrogen and oxygen atoms in total. The Morgan fingerprint density at radius 2 is 1.81 bits per heavy atom. The summed E-state index contributed by atoms with van der Waals surface area (Å²) in [4.78, 5) is 24.7. The highest BCUT2D eigenvalue weighted by Gasteiger charge is 2.12. The number of hydrogen-bond acceptors (Lipinski definition) is 3. The molecule has 0 aliphatic carbocycles. The van der Waals surface area contributed by atoms with Crippen molar-refractivity contribution in [3.63, 3.8) is 0 Å². The summed E-state index contributed by atoms with van der Waals surface area (Å²) >= 11 is 0. The maximum Gasteiger partial charge on any atom is 0.255 e. The van der Waals surface area contributed by atoms with Crippen LogP contribution in [0, 0.1) is 0 Å². The lowest BCUT2D eigenvalue weighted by Gasteiger charge is -2.13. The highest BCUT2D eigenvalue weighted by molar-refractivity contribution is 5.97. The molecule has 138 valence electrons. The predicted octanol–water partition coefficient (Wildman–Crippen LogP) is 3.54. The minimum Gasteiger partial charge on any atom is -0.493 e. The molecule has 0 aromatic heterocycles. The van der Waals surface area contributed by atoms with Crippen molar-refractivity contribution < 1.29 is 14.3 Å². The number of ether oxygens (including phenoxy) is 1. The molecule has 0 aliphatic rings. The SMILES string of the molecule is CCOc1ccccc1C(=O)NCc1cccc(C(=O)NC(C)CC)c1. The number of carbonyl (C=O) groups excluding carboxylic acids is 2. The van der Waals surface area contributed by atoms with Gasteiger partial charge in [0, 0.05) is 18.2 Å². The first-order valence-electron chi connectivity index (χ1n) is 8.95. The zero-order valence-corrected chi connectivity index (χ0v) is 15.5. The molecular weight excluding hydrogens is 328 g/mol. The van der Waals surface area contributed by atoms with E-state index in [-0.39, 0.29) is 17.9 Å². The Morgan fingerprint density at radius 1 is 1.04 bits per heavy atom. The van der Waals surface area contributed by atoms with Crippen molar-refractivity contribution in [2.45, 2.75) is 39.8 Å². The van der Waals surface area contributed by atoms with Crippen LogP contribution in [0.15, 0.2) is 48.5 Å². The molecule has 0 radical (unpaired) electrons. The van der Waals surface area contributed by atoms with E-state index in [1.165, 1.54) is 0 Å². The molecule has 2 rings (SSSR count). The molecule has 1 unspecified atom stereocenters.